The van der Waals surface area contributed by atoms with Gasteiger partial charge in [0.25, 0.3) is 0 Å². The molecule has 6 atom stereocenters. The Morgan fingerprint density at radius 1 is 0.658 bits per heavy atom. The van der Waals surface area contributed by atoms with E-state index in [0.717, 1.165) is 39.0 Å². The Balaban J connectivity index is 1.76. The maximum absolute atomic E-state index is 12.2. The van der Waals surface area contributed by atoms with Gasteiger partial charge in [0, 0.05) is 49.3 Å². The third-order valence-corrected chi connectivity index (χ3v) is 8.91. The molecule has 1 saturated heterocycles. The van der Waals surface area contributed by atoms with Gasteiger partial charge in [0.1, 0.15) is 0 Å². The topological polar surface area (TPSA) is 83.1 Å². The van der Waals surface area contributed by atoms with Gasteiger partial charge in [-0.25, -0.2) is 0 Å². The molecule has 3 aliphatic rings. The Hall–Kier alpha value is -1.22. The van der Waals surface area contributed by atoms with Gasteiger partial charge in [-0.15, -0.1) is 0 Å². The summed E-state index contributed by atoms with van der Waals surface area (Å²) in [7, 11) is 0. The second-order valence-electron chi connectivity index (χ2n) is 11.8. The number of carbonyl (C=O) groups excluding carboxylic acids is 2. The SMILES string of the molecule is CCOC(=O)CCN1CCC(C)NC2CCCCC2N(CCC(=O)OCC)CCC(C)NC2CCCCC21. The van der Waals surface area contributed by atoms with Crippen molar-refractivity contribution in [3.05, 3.63) is 0 Å². The standard InChI is InChI=1S/C30H56N4O4/c1-5-37-29(35)17-21-33-19-15-23(3)32-26-12-8-10-14-28(26)34(22-18-30(36)38-6-2)20-16-24(4)31-25-11-7-9-13-27(25)33/h23-28,31-32H,5-22H2,1-4H3. The minimum absolute atomic E-state index is 0.0836. The van der Waals surface area contributed by atoms with Gasteiger partial charge < -0.3 is 20.1 Å². The summed E-state index contributed by atoms with van der Waals surface area (Å²) in [6, 6.07) is 2.60. The van der Waals surface area contributed by atoms with Gasteiger partial charge in [-0.05, 0) is 79.3 Å². The summed E-state index contributed by atoms with van der Waals surface area (Å²) in [6.07, 6.45) is 12.9. The van der Waals surface area contributed by atoms with Crippen LogP contribution in [-0.2, 0) is 19.1 Å². The molecule has 2 aliphatic carbocycles. The third-order valence-electron chi connectivity index (χ3n) is 8.91. The molecule has 0 aromatic heterocycles. The first-order chi connectivity index (χ1) is 18.4. The van der Waals surface area contributed by atoms with Crippen LogP contribution in [0.25, 0.3) is 0 Å². The zero-order valence-electron chi connectivity index (χ0n) is 24.7. The first kappa shape index (κ1) is 31.3. The monoisotopic (exact) mass is 536 g/mol. The highest BCUT2D eigenvalue weighted by atomic mass is 16.5. The van der Waals surface area contributed by atoms with Crippen molar-refractivity contribution >= 4 is 11.9 Å². The van der Waals surface area contributed by atoms with E-state index in [1.54, 1.807) is 0 Å². The molecule has 220 valence electrons. The quantitative estimate of drug-likeness (QED) is 0.453. The molecule has 2 saturated carbocycles. The van der Waals surface area contributed by atoms with Crippen LogP contribution >= 0.6 is 0 Å². The first-order valence-electron chi connectivity index (χ1n) is 15.7. The molecule has 2 N–H and O–H groups in total. The summed E-state index contributed by atoms with van der Waals surface area (Å²) in [6.45, 7) is 12.8. The molecular formula is C30H56N4O4. The normalized spacial score (nSPS) is 32.4. The van der Waals surface area contributed by atoms with Gasteiger partial charge in [0.05, 0.1) is 26.1 Å². The van der Waals surface area contributed by atoms with Crippen molar-refractivity contribution in [3.8, 4) is 0 Å². The number of carbonyl (C=O) groups is 2. The summed E-state index contributed by atoms with van der Waals surface area (Å²) >= 11 is 0. The van der Waals surface area contributed by atoms with Crippen LogP contribution in [0.5, 0.6) is 0 Å². The summed E-state index contributed by atoms with van der Waals surface area (Å²) in [5.74, 6) is -0.167. The summed E-state index contributed by atoms with van der Waals surface area (Å²) in [4.78, 5) is 29.6. The number of hydrogen-bond acceptors (Lipinski definition) is 8. The predicted octanol–water partition coefficient (Wildman–Crippen LogP) is 3.87. The highest BCUT2D eigenvalue weighted by molar-refractivity contribution is 5.69. The number of nitrogens with one attached hydrogen (secondary N) is 2. The Morgan fingerprint density at radius 3 is 1.45 bits per heavy atom. The van der Waals surface area contributed by atoms with E-state index < -0.39 is 0 Å². The fraction of sp³-hybridized carbons (Fsp3) is 0.933. The van der Waals surface area contributed by atoms with Gasteiger partial charge in [-0.2, -0.15) is 0 Å². The summed E-state index contributed by atoms with van der Waals surface area (Å²) < 4.78 is 10.5. The lowest BCUT2D eigenvalue weighted by molar-refractivity contribution is -0.144. The van der Waals surface area contributed by atoms with E-state index in [2.05, 4.69) is 34.3 Å². The van der Waals surface area contributed by atoms with E-state index in [9.17, 15) is 9.59 Å². The molecule has 0 bridgehead atoms. The fourth-order valence-electron chi connectivity index (χ4n) is 6.93. The molecule has 0 spiro atoms. The smallest absolute Gasteiger partial charge is 0.307 e. The van der Waals surface area contributed by atoms with E-state index in [1.807, 2.05) is 13.8 Å². The van der Waals surface area contributed by atoms with Crippen molar-refractivity contribution in [1.29, 1.82) is 0 Å². The Kier molecular flexibility index (Phi) is 13.8. The van der Waals surface area contributed by atoms with E-state index >= 15 is 0 Å². The molecule has 0 amide bonds. The van der Waals surface area contributed by atoms with E-state index in [-0.39, 0.29) is 11.9 Å². The van der Waals surface area contributed by atoms with Crippen LogP contribution in [0.3, 0.4) is 0 Å². The largest absolute Gasteiger partial charge is 0.466 e. The second-order valence-corrected chi connectivity index (χ2v) is 11.8. The molecule has 3 fully saturated rings. The molecule has 0 aromatic carbocycles. The van der Waals surface area contributed by atoms with Gasteiger partial charge in [0.15, 0.2) is 0 Å². The zero-order valence-corrected chi connectivity index (χ0v) is 24.7. The first-order valence-corrected chi connectivity index (χ1v) is 15.7. The van der Waals surface area contributed by atoms with Crippen LogP contribution in [-0.4, -0.2) is 97.4 Å². The van der Waals surface area contributed by atoms with Crippen LogP contribution in [0.1, 0.15) is 105 Å². The zero-order chi connectivity index (χ0) is 27.3. The van der Waals surface area contributed by atoms with E-state index in [1.165, 1.54) is 51.4 Å². The molecule has 3 rings (SSSR count). The van der Waals surface area contributed by atoms with Crippen LogP contribution < -0.4 is 10.6 Å². The maximum Gasteiger partial charge on any atom is 0.307 e. The highest BCUT2D eigenvalue weighted by Crippen LogP contribution is 2.27. The predicted molar refractivity (Wildman–Crippen MR) is 152 cm³/mol. The minimum Gasteiger partial charge on any atom is -0.466 e. The molecule has 1 heterocycles. The van der Waals surface area contributed by atoms with Gasteiger partial charge in [0.2, 0.25) is 0 Å². The van der Waals surface area contributed by atoms with Crippen molar-refractivity contribution in [2.45, 2.75) is 141 Å². The van der Waals surface area contributed by atoms with Crippen molar-refractivity contribution in [2.75, 3.05) is 39.4 Å². The molecule has 38 heavy (non-hydrogen) atoms. The third kappa shape index (κ3) is 10.1. The average molecular weight is 537 g/mol. The number of hydrogen-bond donors (Lipinski definition) is 2. The molecule has 6 unspecified atom stereocenters. The van der Waals surface area contributed by atoms with E-state index in [0.29, 0.717) is 62.3 Å². The minimum atomic E-state index is -0.0836. The molecule has 1 aliphatic heterocycles. The summed E-state index contributed by atoms with van der Waals surface area (Å²) in [5, 5.41) is 8.03. The fourth-order valence-corrected chi connectivity index (χ4v) is 6.93. The van der Waals surface area contributed by atoms with Crippen LogP contribution in [0.4, 0.5) is 0 Å². The maximum atomic E-state index is 12.2. The number of nitrogens with zero attached hydrogens (tertiary/aromatic N) is 2. The van der Waals surface area contributed by atoms with Crippen LogP contribution in [0.15, 0.2) is 0 Å². The van der Waals surface area contributed by atoms with Crippen LogP contribution in [0.2, 0.25) is 0 Å². The van der Waals surface area contributed by atoms with Gasteiger partial charge in [-0.1, -0.05) is 25.7 Å². The van der Waals surface area contributed by atoms with Crippen molar-refractivity contribution in [1.82, 2.24) is 20.4 Å². The molecule has 0 aromatic rings. The number of ether oxygens (including phenoxy) is 2. The van der Waals surface area contributed by atoms with Gasteiger partial charge >= 0.3 is 11.9 Å². The lowest BCUT2D eigenvalue weighted by atomic mass is 9.87. The molecule has 8 nitrogen and oxygen atoms in total. The molecule has 0 radical (unpaired) electrons. The number of fused-ring (bicyclic) bond motifs is 2. The Labute approximate surface area is 231 Å². The average Bonchev–Trinajstić information content (AvgIpc) is 2.90. The number of rotatable bonds is 8. The van der Waals surface area contributed by atoms with E-state index in [4.69, 9.17) is 9.47 Å². The van der Waals surface area contributed by atoms with Crippen LogP contribution in [0, 0.1) is 0 Å². The van der Waals surface area contributed by atoms with Crippen molar-refractivity contribution in [3.63, 3.8) is 0 Å². The Bertz CT molecular complexity index is 650. The summed E-state index contributed by atoms with van der Waals surface area (Å²) in [5.41, 5.74) is 0. The second kappa shape index (κ2) is 16.8. The Morgan fingerprint density at radius 2 is 1.05 bits per heavy atom. The number of esters is 2. The lowest BCUT2D eigenvalue weighted by Gasteiger charge is -2.44. The molecule has 8 heteroatoms. The lowest BCUT2D eigenvalue weighted by Crippen LogP contribution is -2.58. The van der Waals surface area contributed by atoms with Crippen molar-refractivity contribution < 1.29 is 19.1 Å². The van der Waals surface area contributed by atoms with Crippen molar-refractivity contribution in [2.24, 2.45) is 0 Å². The van der Waals surface area contributed by atoms with Gasteiger partial charge in [-0.3, -0.25) is 19.4 Å². The molecular weight excluding hydrogens is 480 g/mol. The highest BCUT2D eigenvalue weighted by Gasteiger charge is 2.34.